The molecule has 3 rings (SSSR count). The Morgan fingerprint density at radius 1 is 0.808 bits per heavy atom. The molecule has 0 aliphatic carbocycles. The number of amides is 1. The maximum Gasteiger partial charge on any atom is 0.251 e. The van der Waals surface area contributed by atoms with Crippen LogP contribution in [0.3, 0.4) is 0 Å². The molecule has 26 heavy (non-hydrogen) atoms. The number of hydrogen-bond donors (Lipinski definition) is 1. The highest BCUT2D eigenvalue weighted by Gasteiger charge is 2.15. The van der Waals surface area contributed by atoms with Crippen molar-refractivity contribution in [3.63, 3.8) is 0 Å². The third kappa shape index (κ3) is 4.38. The topological polar surface area (TPSA) is 32.3 Å². The van der Waals surface area contributed by atoms with Crippen LogP contribution in [0.1, 0.15) is 22.0 Å². The van der Waals surface area contributed by atoms with E-state index in [4.69, 9.17) is 0 Å². The molecule has 0 aromatic heterocycles. The van der Waals surface area contributed by atoms with Crippen LogP contribution in [-0.4, -0.2) is 31.4 Å². The van der Waals surface area contributed by atoms with E-state index in [0.29, 0.717) is 12.1 Å². The van der Waals surface area contributed by atoms with Crippen LogP contribution in [-0.2, 0) is 0 Å². The van der Waals surface area contributed by atoms with E-state index in [1.54, 1.807) is 0 Å². The Bertz CT molecular complexity index is 827. The van der Waals surface area contributed by atoms with Gasteiger partial charge >= 0.3 is 0 Å². The molecule has 0 aliphatic rings. The van der Waals surface area contributed by atoms with Gasteiger partial charge in [0, 0.05) is 12.1 Å². The van der Waals surface area contributed by atoms with E-state index in [1.165, 1.54) is 5.56 Å². The van der Waals surface area contributed by atoms with Crippen LogP contribution in [0.5, 0.6) is 0 Å². The second kappa shape index (κ2) is 8.45. The maximum atomic E-state index is 12.5. The molecule has 3 nitrogen and oxygen atoms in total. The average molecular weight is 344 g/mol. The number of carbonyl (C=O) groups excluding carboxylic acids is 1. The molecule has 0 bridgehead atoms. The minimum Gasteiger partial charge on any atom is -0.350 e. The Morgan fingerprint density at radius 2 is 1.35 bits per heavy atom. The van der Waals surface area contributed by atoms with Crippen molar-refractivity contribution in [3.05, 3.63) is 96.1 Å². The number of nitrogens with one attached hydrogen (secondary N) is 1. The number of rotatable bonds is 6. The van der Waals surface area contributed by atoms with Gasteiger partial charge in [-0.1, -0.05) is 72.8 Å². The van der Waals surface area contributed by atoms with E-state index < -0.39 is 0 Å². The van der Waals surface area contributed by atoms with Crippen LogP contribution in [0.2, 0.25) is 0 Å². The second-order valence-corrected chi connectivity index (χ2v) is 6.54. The Morgan fingerprint density at radius 3 is 1.92 bits per heavy atom. The molecule has 0 heterocycles. The normalized spacial score (nSPS) is 12.0. The summed E-state index contributed by atoms with van der Waals surface area (Å²) in [6.45, 7) is 0.566. The smallest absolute Gasteiger partial charge is 0.251 e. The zero-order valence-electron chi connectivity index (χ0n) is 15.2. The van der Waals surface area contributed by atoms with E-state index in [9.17, 15) is 4.79 Å². The van der Waals surface area contributed by atoms with Crippen molar-refractivity contribution in [2.75, 3.05) is 20.6 Å². The fraction of sp³-hybridized carbons (Fsp3) is 0.174. The van der Waals surface area contributed by atoms with Gasteiger partial charge in [-0.2, -0.15) is 0 Å². The van der Waals surface area contributed by atoms with E-state index in [2.05, 4.69) is 34.5 Å². The standard InChI is InChI=1S/C23H24N2O/c1-25(2)22(20-11-7-4-8-12-20)17-24-23(26)21-15-13-19(14-16-21)18-9-5-3-6-10-18/h3-16,22H,17H2,1-2H3,(H,24,26)/t22-/m0/s1. The number of hydrogen-bond acceptors (Lipinski definition) is 2. The van der Waals surface area contributed by atoms with E-state index in [1.807, 2.05) is 74.8 Å². The van der Waals surface area contributed by atoms with Crippen molar-refractivity contribution < 1.29 is 4.79 Å². The molecule has 0 spiro atoms. The maximum absolute atomic E-state index is 12.5. The van der Waals surface area contributed by atoms with E-state index in [0.717, 1.165) is 11.1 Å². The van der Waals surface area contributed by atoms with Crippen molar-refractivity contribution in [3.8, 4) is 11.1 Å². The fourth-order valence-corrected chi connectivity index (χ4v) is 3.01. The van der Waals surface area contributed by atoms with Crippen LogP contribution in [0.15, 0.2) is 84.9 Å². The quantitative estimate of drug-likeness (QED) is 0.719. The lowest BCUT2D eigenvalue weighted by Gasteiger charge is -2.25. The summed E-state index contributed by atoms with van der Waals surface area (Å²) in [4.78, 5) is 14.6. The minimum absolute atomic E-state index is 0.0487. The Labute approximate surface area is 155 Å². The van der Waals surface area contributed by atoms with Crippen molar-refractivity contribution in [2.45, 2.75) is 6.04 Å². The molecule has 0 radical (unpaired) electrons. The largest absolute Gasteiger partial charge is 0.350 e. The predicted octanol–water partition coefficient (Wildman–Crippen LogP) is 4.39. The van der Waals surface area contributed by atoms with Gasteiger partial charge in [-0.3, -0.25) is 4.79 Å². The lowest BCUT2D eigenvalue weighted by atomic mass is 10.0. The average Bonchev–Trinajstić information content (AvgIpc) is 2.69. The first-order valence-electron chi connectivity index (χ1n) is 8.80. The molecule has 0 unspecified atom stereocenters. The van der Waals surface area contributed by atoms with Crippen LogP contribution in [0, 0.1) is 0 Å². The van der Waals surface area contributed by atoms with E-state index in [-0.39, 0.29) is 11.9 Å². The van der Waals surface area contributed by atoms with Gasteiger partial charge in [0.2, 0.25) is 0 Å². The highest BCUT2D eigenvalue weighted by atomic mass is 16.1. The molecule has 3 aromatic carbocycles. The summed E-state index contributed by atoms with van der Waals surface area (Å²) in [7, 11) is 4.05. The Hall–Kier alpha value is -2.91. The summed E-state index contributed by atoms with van der Waals surface area (Å²) in [5.74, 6) is -0.0487. The molecule has 0 saturated heterocycles. The highest BCUT2D eigenvalue weighted by molar-refractivity contribution is 5.94. The van der Waals surface area contributed by atoms with Crippen LogP contribution in [0.4, 0.5) is 0 Å². The van der Waals surface area contributed by atoms with Crippen molar-refractivity contribution in [1.82, 2.24) is 10.2 Å². The molecule has 3 aromatic rings. The first kappa shape index (κ1) is 17.9. The van der Waals surface area contributed by atoms with Gasteiger partial charge in [-0.15, -0.1) is 0 Å². The first-order chi connectivity index (χ1) is 12.6. The van der Waals surface area contributed by atoms with Crippen LogP contribution >= 0.6 is 0 Å². The van der Waals surface area contributed by atoms with Crippen LogP contribution < -0.4 is 5.32 Å². The van der Waals surface area contributed by atoms with Crippen molar-refractivity contribution in [2.24, 2.45) is 0 Å². The predicted molar refractivity (Wildman–Crippen MR) is 107 cm³/mol. The summed E-state index contributed by atoms with van der Waals surface area (Å²) in [5, 5.41) is 3.06. The molecule has 1 N–H and O–H groups in total. The summed E-state index contributed by atoms with van der Waals surface area (Å²) >= 11 is 0. The molecular formula is C23H24N2O. The van der Waals surface area contributed by atoms with Gasteiger partial charge in [0.25, 0.3) is 5.91 Å². The number of carbonyl (C=O) groups is 1. The lowest BCUT2D eigenvalue weighted by Crippen LogP contribution is -2.34. The number of nitrogens with zero attached hydrogens (tertiary/aromatic N) is 1. The number of benzene rings is 3. The second-order valence-electron chi connectivity index (χ2n) is 6.54. The van der Waals surface area contributed by atoms with Gasteiger partial charge in [0.15, 0.2) is 0 Å². The lowest BCUT2D eigenvalue weighted by molar-refractivity contribution is 0.0942. The minimum atomic E-state index is -0.0487. The molecule has 1 atom stereocenters. The zero-order chi connectivity index (χ0) is 18.4. The van der Waals surface area contributed by atoms with Gasteiger partial charge in [-0.25, -0.2) is 0 Å². The summed E-state index contributed by atoms with van der Waals surface area (Å²) in [6, 6.07) is 28.3. The highest BCUT2D eigenvalue weighted by Crippen LogP contribution is 2.20. The van der Waals surface area contributed by atoms with E-state index >= 15 is 0 Å². The van der Waals surface area contributed by atoms with Gasteiger partial charge < -0.3 is 10.2 Å². The summed E-state index contributed by atoms with van der Waals surface area (Å²) < 4.78 is 0. The van der Waals surface area contributed by atoms with Crippen molar-refractivity contribution >= 4 is 5.91 Å². The SMILES string of the molecule is CN(C)[C@@H](CNC(=O)c1ccc(-c2ccccc2)cc1)c1ccccc1. The third-order valence-corrected chi connectivity index (χ3v) is 4.52. The molecule has 3 heteroatoms. The molecule has 0 saturated carbocycles. The molecule has 1 amide bonds. The molecular weight excluding hydrogens is 320 g/mol. The molecule has 132 valence electrons. The van der Waals surface area contributed by atoms with Crippen molar-refractivity contribution in [1.29, 1.82) is 0 Å². The fourth-order valence-electron chi connectivity index (χ4n) is 3.01. The van der Waals surface area contributed by atoms with Gasteiger partial charge in [0.1, 0.15) is 0 Å². The number of likely N-dealkylation sites (N-methyl/N-ethyl adjacent to an activating group) is 1. The van der Waals surface area contributed by atoms with Gasteiger partial charge in [-0.05, 0) is 42.9 Å². The summed E-state index contributed by atoms with van der Waals surface area (Å²) in [6.07, 6.45) is 0. The van der Waals surface area contributed by atoms with Crippen LogP contribution in [0.25, 0.3) is 11.1 Å². The monoisotopic (exact) mass is 344 g/mol. The molecule has 0 fully saturated rings. The van der Waals surface area contributed by atoms with Gasteiger partial charge in [0.05, 0.1) is 6.04 Å². The summed E-state index contributed by atoms with van der Waals surface area (Å²) in [5.41, 5.74) is 4.13. The first-order valence-corrected chi connectivity index (χ1v) is 8.80. The zero-order valence-corrected chi connectivity index (χ0v) is 15.2. The Kier molecular flexibility index (Phi) is 5.82. The Balaban J connectivity index is 1.66. The molecule has 0 aliphatic heterocycles. The third-order valence-electron chi connectivity index (χ3n) is 4.52.